The molecule has 1 aromatic carbocycles. The first-order valence-electron chi connectivity index (χ1n) is 4.19. The van der Waals surface area contributed by atoms with Crippen LogP contribution in [-0.2, 0) is 10.0 Å². The van der Waals surface area contributed by atoms with Crippen molar-refractivity contribution in [2.75, 3.05) is 0 Å². The fourth-order valence-corrected chi connectivity index (χ4v) is 2.42. The van der Waals surface area contributed by atoms with Crippen LogP contribution in [0, 0.1) is 0 Å². The lowest BCUT2D eigenvalue weighted by Crippen LogP contribution is -2.24. The molecule has 0 saturated carbocycles. The highest BCUT2D eigenvalue weighted by Gasteiger charge is 2.17. The molecule has 0 amide bonds. The summed E-state index contributed by atoms with van der Waals surface area (Å²) < 4.78 is 24.4. The summed E-state index contributed by atoms with van der Waals surface area (Å²) >= 11 is 0. The molecule has 78 valence electrons. The number of aromatic amines is 1. The number of aromatic nitrogens is 2. The molecule has 1 N–H and O–H groups in total. The zero-order valence-electron chi connectivity index (χ0n) is 7.62. The minimum atomic E-state index is -3.75. The van der Waals surface area contributed by atoms with Crippen molar-refractivity contribution in [3.8, 4) is 0 Å². The summed E-state index contributed by atoms with van der Waals surface area (Å²) in [6.07, 6.45) is 2.47. The zero-order valence-corrected chi connectivity index (χ0v) is 8.44. The molecule has 0 aliphatic rings. The molecule has 0 aliphatic carbocycles. The molecule has 15 heavy (non-hydrogen) atoms. The van der Waals surface area contributed by atoms with Crippen LogP contribution in [0.4, 0.5) is 0 Å². The molecule has 0 aliphatic heterocycles. The van der Waals surface area contributed by atoms with Gasteiger partial charge < -0.3 is 4.98 Å². The van der Waals surface area contributed by atoms with Gasteiger partial charge in [-0.1, -0.05) is 18.2 Å². The Morgan fingerprint density at radius 1 is 1.13 bits per heavy atom. The van der Waals surface area contributed by atoms with Crippen molar-refractivity contribution >= 4 is 10.0 Å². The van der Waals surface area contributed by atoms with Gasteiger partial charge in [-0.05, 0) is 12.1 Å². The number of nitrogens with zero attached hydrogens (tertiary/aromatic N) is 1. The van der Waals surface area contributed by atoms with E-state index in [0.717, 1.165) is 0 Å². The maximum Gasteiger partial charge on any atom is 0.339 e. The highest BCUT2D eigenvalue weighted by molar-refractivity contribution is 7.90. The maximum atomic E-state index is 11.9. The first-order chi connectivity index (χ1) is 7.12. The first kappa shape index (κ1) is 9.72. The van der Waals surface area contributed by atoms with Gasteiger partial charge in [-0.3, -0.25) is 0 Å². The number of H-pyrrole nitrogens is 1. The van der Waals surface area contributed by atoms with Crippen LogP contribution in [0.25, 0.3) is 0 Å². The topological polar surface area (TPSA) is 71.9 Å². The third kappa shape index (κ3) is 1.59. The quantitative estimate of drug-likeness (QED) is 0.803. The van der Waals surface area contributed by atoms with Crippen LogP contribution < -0.4 is 5.69 Å². The van der Waals surface area contributed by atoms with Gasteiger partial charge in [-0.25, -0.2) is 13.2 Å². The summed E-state index contributed by atoms with van der Waals surface area (Å²) in [4.78, 5) is 13.5. The second kappa shape index (κ2) is 3.39. The third-order valence-corrected chi connectivity index (χ3v) is 3.59. The molecule has 1 heterocycles. The zero-order chi connectivity index (χ0) is 10.9. The highest BCUT2D eigenvalue weighted by atomic mass is 32.2. The van der Waals surface area contributed by atoms with Gasteiger partial charge in [0.15, 0.2) is 0 Å². The van der Waals surface area contributed by atoms with Gasteiger partial charge in [0.2, 0.25) is 0 Å². The van der Waals surface area contributed by atoms with Gasteiger partial charge in [0.25, 0.3) is 10.0 Å². The molecule has 0 bridgehead atoms. The van der Waals surface area contributed by atoms with E-state index >= 15 is 0 Å². The van der Waals surface area contributed by atoms with Crippen LogP contribution >= 0.6 is 0 Å². The standard InChI is InChI=1S/C9H8N2O3S/c12-9-10-6-7-11(9)15(13,14)8-4-2-1-3-5-8/h1-7H,(H,10,12). The van der Waals surface area contributed by atoms with Crippen molar-refractivity contribution in [2.24, 2.45) is 0 Å². The molecule has 1 aromatic heterocycles. The Morgan fingerprint density at radius 3 is 2.33 bits per heavy atom. The Labute approximate surface area is 86.0 Å². The Hall–Kier alpha value is -1.82. The van der Waals surface area contributed by atoms with Crippen molar-refractivity contribution in [3.63, 3.8) is 0 Å². The number of rotatable bonds is 2. The summed E-state index contributed by atoms with van der Waals surface area (Å²) in [6, 6.07) is 7.79. The van der Waals surface area contributed by atoms with Crippen LogP contribution in [0.1, 0.15) is 0 Å². The molecule has 2 aromatic rings. The van der Waals surface area contributed by atoms with Gasteiger partial charge in [-0.2, -0.15) is 3.97 Å². The summed E-state index contributed by atoms with van der Waals surface area (Å²) in [7, 11) is -3.75. The van der Waals surface area contributed by atoms with Crippen LogP contribution in [0.5, 0.6) is 0 Å². The van der Waals surface area contributed by atoms with Crippen molar-refractivity contribution in [1.82, 2.24) is 8.96 Å². The van der Waals surface area contributed by atoms with Gasteiger partial charge in [0.05, 0.1) is 4.90 Å². The van der Waals surface area contributed by atoms with Crippen molar-refractivity contribution in [2.45, 2.75) is 4.90 Å². The van der Waals surface area contributed by atoms with Gasteiger partial charge in [0, 0.05) is 12.4 Å². The fraction of sp³-hybridized carbons (Fsp3) is 0. The van der Waals surface area contributed by atoms with E-state index < -0.39 is 15.7 Å². The average molecular weight is 224 g/mol. The Kier molecular flexibility index (Phi) is 2.20. The lowest BCUT2D eigenvalue weighted by molar-refractivity contribution is 0.585. The number of nitrogens with one attached hydrogen (secondary N) is 1. The van der Waals surface area contributed by atoms with Gasteiger partial charge in [-0.15, -0.1) is 0 Å². The normalized spacial score (nSPS) is 11.5. The molecule has 0 spiro atoms. The van der Waals surface area contributed by atoms with Crippen LogP contribution in [-0.4, -0.2) is 17.4 Å². The summed E-state index contributed by atoms with van der Waals surface area (Å²) in [5.74, 6) is 0. The molecule has 0 atom stereocenters. The van der Waals surface area contributed by atoms with E-state index in [2.05, 4.69) is 4.98 Å². The molecule has 5 nitrogen and oxygen atoms in total. The Morgan fingerprint density at radius 2 is 1.80 bits per heavy atom. The van der Waals surface area contributed by atoms with Crippen LogP contribution in [0.2, 0.25) is 0 Å². The second-order valence-electron chi connectivity index (χ2n) is 2.88. The molecular weight excluding hydrogens is 216 g/mol. The van der Waals surface area contributed by atoms with E-state index in [1.807, 2.05) is 0 Å². The van der Waals surface area contributed by atoms with Crippen LogP contribution in [0.15, 0.2) is 52.4 Å². The number of hydrogen-bond donors (Lipinski definition) is 1. The summed E-state index contributed by atoms with van der Waals surface area (Å²) in [5, 5.41) is 0. The van der Waals surface area contributed by atoms with E-state index in [1.54, 1.807) is 18.2 Å². The van der Waals surface area contributed by atoms with E-state index in [0.29, 0.717) is 3.97 Å². The summed E-state index contributed by atoms with van der Waals surface area (Å²) in [5.41, 5.74) is -0.668. The third-order valence-electron chi connectivity index (χ3n) is 1.92. The van der Waals surface area contributed by atoms with E-state index in [9.17, 15) is 13.2 Å². The smallest absolute Gasteiger partial charge is 0.312 e. The lowest BCUT2D eigenvalue weighted by atomic mass is 10.4. The van der Waals surface area contributed by atoms with Crippen LogP contribution in [0.3, 0.4) is 0 Å². The predicted octanol–water partition coefficient (Wildman–Crippen LogP) is 0.413. The molecule has 0 unspecified atom stereocenters. The number of hydrogen-bond acceptors (Lipinski definition) is 3. The minimum absolute atomic E-state index is 0.0895. The van der Waals surface area contributed by atoms with E-state index in [4.69, 9.17) is 0 Å². The predicted molar refractivity (Wildman–Crippen MR) is 54.1 cm³/mol. The number of imidazole rings is 1. The van der Waals surface area contributed by atoms with Gasteiger partial charge >= 0.3 is 5.69 Å². The molecule has 6 heteroatoms. The molecule has 2 rings (SSSR count). The lowest BCUT2D eigenvalue weighted by Gasteiger charge is -2.02. The largest absolute Gasteiger partial charge is 0.339 e. The highest BCUT2D eigenvalue weighted by Crippen LogP contribution is 2.10. The fourth-order valence-electron chi connectivity index (χ4n) is 1.20. The van der Waals surface area contributed by atoms with Crippen molar-refractivity contribution in [1.29, 1.82) is 0 Å². The SMILES string of the molecule is O=c1[nH]ccn1S(=O)(=O)c1ccccc1. The Bertz CT molecular complexity index is 610. The second-order valence-corrected chi connectivity index (χ2v) is 4.69. The molecule has 0 radical (unpaired) electrons. The molecular formula is C9H8N2O3S. The Balaban J connectivity index is 2.65. The molecule has 0 fully saturated rings. The monoisotopic (exact) mass is 224 g/mol. The first-order valence-corrected chi connectivity index (χ1v) is 5.63. The minimum Gasteiger partial charge on any atom is -0.312 e. The van der Waals surface area contributed by atoms with Crippen molar-refractivity contribution in [3.05, 3.63) is 53.2 Å². The summed E-state index contributed by atoms with van der Waals surface area (Å²) in [6.45, 7) is 0. The van der Waals surface area contributed by atoms with Gasteiger partial charge in [0.1, 0.15) is 0 Å². The number of benzene rings is 1. The van der Waals surface area contributed by atoms with Crippen molar-refractivity contribution < 1.29 is 8.42 Å². The maximum absolute atomic E-state index is 11.9. The van der Waals surface area contributed by atoms with E-state index in [1.165, 1.54) is 24.5 Å². The van der Waals surface area contributed by atoms with E-state index in [-0.39, 0.29) is 4.90 Å². The average Bonchev–Trinajstić information content (AvgIpc) is 2.66. The molecule has 0 saturated heterocycles.